The van der Waals surface area contributed by atoms with Gasteiger partial charge in [0, 0.05) is 64.8 Å². The number of anilines is 3. The predicted molar refractivity (Wildman–Crippen MR) is 176 cm³/mol. The van der Waals surface area contributed by atoms with Gasteiger partial charge in [-0.25, -0.2) is 4.79 Å². The smallest absolute Gasteiger partial charge is 0.323 e. The van der Waals surface area contributed by atoms with Crippen molar-refractivity contribution in [1.29, 1.82) is 0 Å². The maximum Gasteiger partial charge on any atom is 0.323 e. The normalized spacial score (nSPS) is 15.6. The first-order valence-electron chi connectivity index (χ1n) is 15.1. The second-order valence-electron chi connectivity index (χ2n) is 11.1. The molecule has 0 saturated carbocycles. The molecule has 4 aromatic rings. The van der Waals surface area contributed by atoms with Crippen LogP contribution in [-0.4, -0.2) is 64.6 Å². The van der Waals surface area contributed by atoms with Gasteiger partial charge in [0.2, 0.25) is 23.6 Å². The molecule has 0 spiro atoms. The first kappa shape index (κ1) is 31.5. The number of hydrogen-bond donors (Lipinski definition) is 6. The van der Waals surface area contributed by atoms with Gasteiger partial charge < -0.3 is 35.9 Å². The summed E-state index contributed by atoms with van der Waals surface area (Å²) in [6.07, 6.45) is 4.49. The molecule has 3 heterocycles. The maximum absolute atomic E-state index is 12.8. The highest BCUT2D eigenvalue weighted by molar-refractivity contribution is 6.06. The third-order valence-electron chi connectivity index (χ3n) is 7.77. The van der Waals surface area contributed by atoms with Crippen LogP contribution >= 0.6 is 0 Å². The summed E-state index contributed by atoms with van der Waals surface area (Å²) in [5, 5.41) is 14.0. The van der Waals surface area contributed by atoms with Crippen LogP contribution in [0.5, 0.6) is 5.75 Å². The van der Waals surface area contributed by atoms with E-state index in [1.807, 2.05) is 24.4 Å². The number of H-pyrrole nitrogens is 1. The molecule has 1 unspecified atom stereocenters. The Morgan fingerprint density at radius 1 is 0.854 bits per heavy atom. The molecule has 0 bridgehead atoms. The Morgan fingerprint density at radius 3 is 2.38 bits per heavy atom. The standard InChI is InChI=1S/C34H31N7O7/c42-29(36-15-16-48-25-6-7-26-21(18-25)19-41(33(26)46)28-9-10-31(44)40-32(28)45)11-12-30(43)37-22-1-3-23(4-2-22)38-34(47)39-24-5-8-27-20(17-24)13-14-35-27/h1-8,11-14,17-18,28,35H,9-10,15-16,19H2,(H,36,42)(H,37,43)(H2,38,39,47)(H,40,44,45)/b12-11+. The van der Waals surface area contributed by atoms with Crippen LogP contribution in [0.1, 0.15) is 28.8 Å². The topological polar surface area (TPSA) is 191 Å². The molecule has 3 aromatic carbocycles. The van der Waals surface area contributed by atoms with E-state index < -0.39 is 29.8 Å². The van der Waals surface area contributed by atoms with E-state index in [0.29, 0.717) is 33.9 Å². The number of carbonyl (C=O) groups excluding carboxylic acids is 6. The van der Waals surface area contributed by atoms with Gasteiger partial charge >= 0.3 is 6.03 Å². The van der Waals surface area contributed by atoms with E-state index in [9.17, 15) is 28.8 Å². The third kappa shape index (κ3) is 7.50. The van der Waals surface area contributed by atoms with Gasteiger partial charge in [0.25, 0.3) is 5.91 Å². The Hall–Kier alpha value is -6.44. The van der Waals surface area contributed by atoms with Gasteiger partial charge in [-0.15, -0.1) is 0 Å². The molecular formula is C34H31N7O7. The highest BCUT2D eigenvalue weighted by Gasteiger charge is 2.39. The first-order chi connectivity index (χ1) is 23.2. The van der Waals surface area contributed by atoms with Crippen LogP contribution in [0, 0.1) is 0 Å². The summed E-state index contributed by atoms with van der Waals surface area (Å²) < 4.78 is 5.71. The number of carbonyl (C=O) groups is 6. The van der Waals surface area contributed by atoms with Crippen LogP contribution in [0.3, 0.4) is 0 Å². The maximum atomic E-state index is 12.8. The van der Waals surface area contributed by atoms with Gasteiger partial charge in [-0.05, 0) is 78.7 Å². The molecule has 1 fully saturated rings. The Bertz CT molecular complexity index is 1950. The van der Waals surface area contributed by atoms with Crippen LogP contribution in [0.2, 0.25) is 0 Å². The summed E-state index contributed by atoms with van der Waals surface area (Å²) in [5.41, 5.74) is 3.79. The molecule has 7 amide bonds. The van der Waals surface area contributed by atoms with E-state index in [4.69, 9.17) is 4.74 Å². The molecule has 14 heteroatoms. The number of aromatic nitrogens is 1. The summed E-state index contributed by atoms with van der Waals surface area (Å²) >= 11 is 0. The summed E-state index contributed by atoms with van der Waals surface area (Å²) in [6, 6.07) is 17.8. The lowest BCUT2D eigenvalue weighted by molar-refractivity contribution is -0.137. The summed E-state index contributed by atoms with van der Waals surface area (Å²) in [4.78, 5) is 77.9. The quantitative estimate of drug-likeness (QED) is 0.0863. The average molecular weight is 650 g/mol. The van der Waals surface area contributed by atoms with E-state index in [2.05, 4.69) is 31.6 Å². The zero-order valence-corrected chi connectivity index (χ0v) is 25.5. The molecule has 2 aliphatic heterocycles. The summed E-state index contributed by atoms with van der Waals surface area (Å²) in [7, 11) is 0. The predicted octanol–water partition coefficient (Wildman–Crippen LogP) is 3.26. The molecule has 2 aliphatic rings. The minimum atomic E-state index is -0.697. The van der Waals surface area contributed by atoms with Gasteiger partial charge in [-0.2, -0.15) is 0 Å². The fourth-order valence-electron chi connectivity index (χ4n) is 5.44. The molecular weight excluding hydrogens is 618 g/mol. The molecule has 6 rings (SSSR count). The number of nitrogens with one attached hydrogen (secondary N) is 6. The number of amides is 7. The molecule has 0 radical (unpaired) electrons. The largest absolute Gasteiger partial charge is 0.492 e. The third-order valence-corrected chi connectivity index (χ3v) is 7.77. The SMILES string of the molecule is O=C(/C=C/C(=O)Nc1ccc(NC(=O)Nc2ccc3[nH]ccc3c2)cc1)NCCOc1ccc2c(c1)CN(C1CCC(=O)NC1=O)C2=O. The second-order valence-corrected chi connectivity index (χ2v) is 11.1. The van der Waals surface area contributed by atoms with Gasteiger partial charge in [0.05, 0.1) is 6.54 Å². The van der Waals surface area contributed by atoms with Crippen molar-refractivity contribution in [2.24, 2.45) is 0 Å². The Morgan fingerprint density at radius 2 is 1.58 bits per heavy atom. The number of ether oxygens (including phenoxy) is 1. The zero-order chi connectivity index (χ0) is 33.6. The lowest BCUT2D eigenvalue weighted by atomic mass is 10.0. The number of imide groups is 1. The van der Waals surface area contributed by atoms with Crippen LogP contribution in [0.15, 0.2) is 85.1 Å². The van der Waals surface area contributed by atoms with E-state index in [-0.39, 0.29) is 44.4 Å². The van der Waals surface area contributed by atoms with E-state index in [0.717, 1.165) is 23.1 Å². The number of rotatable bonds is 10. The number of nitrogens with zero attached hydrogens (tertiary/aromatic N) is 1. The van der Waals surface area contributed by atoms with Crippen molar-refractivity contribution >= 4 is 63.5 Å². The molecule has 1 atom stereocenters. The summed E-state index contributed by atoms with van der Waals surface area (Å²) in [6.45, 7) is 0.522. The highest BCUT2D eigenvalue weighted by Crippen LogP contribution is 2.30. The minimum absolute atomic E-state index is 0.135. The van der Waals surface area contributed by atoms with Crippen molar-refractivity contribution in [3.8, 4) is 5.75 Å². The molecule has 1 saturated heterocycles. The number of fused-ring (bicyclic) bond motifs is 2. The van der Waals surface area contributed by atoms with E-state index in [1.54, 1.807) is 48.5 Å². The minimum Gasteiger partial charge on any atom is -0.492 e. The van der Waals surface area contributed by atoms with Crippen molar-refractivity contribution in [2.45, 2.75) is 25.4 Å². The number of benzene rings is 3. The van der Waals surface area contributed by atoms with Gasteiger partial charge in [-0.1, -0.05) is 0 Å². The lowest BCUT2D eigenvalue weighted by Crippen LogP contribution is -2.52. The summed E-state index contributed by atoms with van der Waals surface area (Å²) in [5.74, 6) is -1.60. The Labute approximate surface area is 273 Å². The average Bonchev–Trinajstić information content (AvgIpc) is 3.66. The Balaban J connectivity index is 0.896. The molecule has 0 aliphatic carbocycles. The van der Waals surface area contributed by atoms with Crippen molar-refractivity contribution < 1.29 is 33.5 Å². The van der Waals surface area contributed by atoms with E-state index in [1.165, 1.54) is 4.90 Å². The first-order valence-corrected chi connectivity index (χ1v) is 15.1. The number of aromatic amines is 1. The van der Waals surface area contributed by atoms with Crippen LogP contribution in [0.4, 0.5) is 21.9 Å². The van der Waals surface area contributed by atoms with Crippen LogP contribution < -0.4 is 31.3 Å². The number of urea groups is 1. The molecule has 48 heavy (non-hydrogen) atoms. The van der Waals surface area contributed by atoms with Crippen molar-refractivity contribution in [3.63, 3.8) is 0 Å². The lowest BCUT2D eigenvalue weighted by Gasteiger charge is -2.29. The number of piperidine rings is 1. The monoisotopic (exact) mass is 649 g/mol. The van der Waals surface area contributed by atoms with Gasteiger partial charge in [0.15, 0.2) is 0 Å². The molecule has 244 valence electrons. The van der Waals surface area contributed by atoms with Gasteiger partial charge in [-0.3, -0.25) is 29.3 Å². The van der Waals surface area contributed by atoms with Crippen LogP contribution in [-0.2, 0) is 25.7 Å². The van der Waals surface area contributed by atoms with Crippen molar-refractivity contribution in [1.82, 2.24) is 20.5 Å². The fourth-order valence-corrected chi connectivity index (χ4v) is 5.44. The van der Waals surface area contributed by atoms with Crippen LogP contribution in [0.25, 0.3) is 10.9 Å². The molecule has 14 nitrogen and oxygen atoms in total. The molecule has 1 aromatic heterocycles. The fraction of sp³-hybridized carbons (Fsp3) is 0.176. The van der Waals surface area contributed by atoms with Crippen molar-refractivity contribution in [3.05, 3.63) is 96.2 Å². The Kier molecular flexibility index (Phi) is 9.14. The van der Waals surface area contributed by atoms with Crippen molar-refractivity contribution in [2.75, 3.05) is 29.1 Å². The highest BCUT2D eigenvalue weighted by atomic mass is 16.5. The number of hydrogen-bond acceptors (Lipinski definition) is 7. The zero-order valence-electron chi connectivity index (χ0n) is 25.5. The van der Waals surface area contributed by atoms with Gasteiger partial charge in [0.1, 0.15) is 18.4 Å². The second kappa shape index (κ2) is 13.9. The van der Waals surface area contributed by atoms with E-state index >= 15 is 0 Å². The molecule has 6 N–H and O–H groups in total.